The average Bonchev–Trinajstić information content (AvgIpc) is 2.80. The van der Waals surface area contributed by atoms with Crippen molar-refractivity contribution in [3.8, 4) is 5.75 Å². The van der Waals surface area contributed by atoms with Crippen molar-refractivity contribution >= 4 is 11.9 Å². The molecule has 20 heavy (non-hydrogen) atoms. The third-order valence-electron chi connectivity index (χ3n) is 5.66. The lowest BCUT2D eigenvalue weighted by atomic mass is 9.68. The summed E-state index contributed by atoms with van der Waals surface area (Å²) >= 11 is 0. The number of rotatable bonds is 3. The third kappa shape index (κ3) is 1.74. The van der Waals surface area contributed by atoms with Crippen molar-refractivity contribution in [3.63, 3.8) is 0 Å². The molecule has 2 fully saturated rings. The number of ether oxygens (including phenoxy) is 1. The molecule has 106 valence electrons. The number of Topliss-reactive ketones (excluding diaryl/α,β-unsaturated/α-hetero) is 1. The maximum atomic E-state index is 12.4. The Balaban J connectivity index is 1.89. The fraction of sp³-hybridized carbons (Fsp3) is 0.500. The van der Waals surface area contributed by atoms with E-state index in [2.05, 4.69) is 26.0 Å². The Morgan fingerprint density at radius 3 is 2.45 bits per heavy atom. The highest BCUT2D eigenvalue weighted by Gasteiger charge is 2.62. The molecule has 3 rings (SSSR count). The molecule has 2 bridgehead atoms. The number of allylic oxidation sites excluding steroid dienone is 1. The lowest BCUT2D eigenvalue weighted by molar-refractivity contribution is -0.126. The first-order valence-electron chi connectivity index (χ1n) is 7.36. The molecule has 2 aliphatic carbocycles. The largest absolute Gasteiger partial charge is 0.497 e. The zero-order valence-corrected chi connectivity index (χ0v) is 12.5. The second-order valence-corrected chi connectivity index (χ2v) is 6.66. The molecule has 2 nitrogen and oxygen atoms in total. The van der Waals surface area contributed by atoms with Gasteiger partial charge in [-0.2, -0.15) is 0 Å². The van der Waals surface area contributed by atoms with Gasteiger partial charge in [0.15, 0.2) is 0 Å². The first kappa shape index (κ1) is 13.4. The fourth-order valence-corrected chi connectivity index (χ4v) is 4.06. The molecule has 0 spiro atoms. The normalized spacial score (nSPS) is 31.1. The van der Waals surface area contributed by atoms with Gasteiger partial charge in [-0.15, -0.1) is 0 Å². The van der Waals surface area contributed by atoms with Crippen molar-refractivity contribution in [2.24, 2.45) is 16.7 Å². The summed E-state index contributed by atoms with van der Waals surface area (Å²) in [4.78, 5) is 12.4. The fourth-order valence-electron chi connectivity index (χ4n) is 4.06. The van der Waals surface area contributed by atoms with Gasteiger partial charge in [-0.1, -0.05) is 38.1 Å². The topological polar surface area (TPSA) is 26.3 Å². The SMILES string of the molecule is COc1ccc(C=CC23CCC(CC2=O)C3(C)C)cc1. The summed E-state index contributed by atoms with van der Waals surface area (Å²) in [5, 5.41) is 0. The Kier molecular flexibility index (Phi) is 3.00. The molecule has 0 aromatic heterocycles. The van der Waals surface area contributed by atoms with E-state index in [1.165, 1.54) is 6.42 Å². The monoisotopic (exact) mass is 270 g/mol. The Hall–Kier alpha value is -1.57. The molecule has 2 atom stereocenters. The van der Waals surface area contributed by atoms with Gasteiger partial charge in [0.05, 0.1) is 12.5 Å². The summed E-state index contributed by atoms with van der Waals surface area (Å²) in [5.41, 5.74) is 0.990. The second-order valence-electron chi connectivity index (χ2n) is 6.66. The Morgan fingerprint density at radius 1 is 1.25 bits per heavy atom. The molecule has 0 aliphatic heterocycles. The number of ketones is 1. The van der Waals surface area contributed by atoms with Crippen molar-refractivity contribution in [2.45, 2.75) is 33.1 Å². The predicted octanol–water partition coefficient (Wildman–Crippen LogP) is 4.10. The third-order valence-corrected chi connectivity index (χ3v) is 5.66. The minimum absolute atomic E-state index is 0.104. The lowest BCUT2D eigenvalue weighted by Crippen LogP contribution is -2.33. The van der Waals surface area contributed by atoms with E-state index in [9.17, 15) is 4.79 Å². The van der Waals surface area contributed by atoms with Gasteiger partial charge in [0, 0.05) is 6.42 Å². The maximum Gasteiger partial charge on any atom is 0.143 e. The summed E-state index contributed by atoms with van der Waals surface area (Å²) < 4.78 is 5.17. The van der Waals surface area contributed by atoms with Crippen LogP contribution in [0.1, 0.15) is 38.7 Å². The van der Waals surface area contributed by atoms with Gasteiger partial charge in [-0.25, -0.2) is 0 Å². The molecule has 1 aromatic rings. The van der Waals surface area contributed by atoms with E-state index in [-0.39, 0.29) is 10.8 Å². The molecular weight excluding hydrogens is 248 g/mol. The van der Waals surface area contributed by atoms with Crippen molar-refractivity contribution in [1.29, 1.82) is 0 Å². The highest BCUT2D eigenvalue weighted by Crippen LogP contribution is 2.64. The van der Waals surface area contributed by atoms with Crippen LogP contribution in [0.2, 0.25) is 0 Å². The van der Waals surface area contributed by atoms with Crippen LogP contribution in [0.5, 0.6) is 5.75 Å². The van der Waals surface area contributed by atoms with E-state index >= 15 is 0 Å². The zero-order valence-electron chi connectivity index (χ0n) is 12.5. The van der Waals surface area contributed by atoms with E-state index in [0.29, 0.717) is 11.7 Å². The maximum absolute atomic E-state index is 12.4. The van der Waals surface area contributed by atoms with Crippen LogP contribution in [-0.2, 0) is 4.79 Å². The number of carbonyl (C=O) groups excluding carboxylic acids is 1. The van der Waals surface area contributed by atoms with Crippen LogP contribution in [-0.4, -0.2) is 12.9 Å². The molecule has 0 N–H and O–H groups in total. The summed E-state index contributed by atoms with van der Waals surface area (Å²) in [5.74, 6) is 1.86. The zero-order chi connectivity index (χ0) is 14.4. The molecule has 0 radical (unpaired) electrons. The van der Waals surface area contributed by atoms with E-state index in [1.54, 1.807) is 7.11 Å². The first-order chi connectivity index (χ1) is 9.49. The highest BCUT2D eigenvalue weighted by atomic mass is 16.5. The smallest absolute Gasteiger partial charge is 0.143 e. The Labute approximate surface area is 120 Å². The number of benzene rings is 1. The van der Waals surface area contributed by atoms with Crippen LogP contribution in [0.3, 0.4) is 0 Å². The van der Waals surface area contributed by atoms with Crippen molar-refractivity contribution in [1.82, 2.24) is 0 Å². The Morgan fingerprint density at radius 2 is 1.95 bits per heavy atom. The summed E-state index contributed by atoms with van der Waals surface area (Å²) in [6, 6.07) is 7.97. The van der Waals surface area contributed by atoms with Crippen molar-refractivity contribution in [3.05, 3.63) is 35.9 Å². The van der Waals surface area contributed by atoms with Crippen LogP contribution < -0.4 is 4.74 Å². The van der Waals surface area contributed by atoms with Crippen LogP contribution in [0, 0.1) is 16.7 Å². The molecule has 2 aliphatic rings. The van der Waals surface area contributed by atoms with Gasteiger partial charge in [0.25, 0.3) is 0 Å². The van der Waals surface area contributed by atoms with Crippen molar-refractivity contribution in [2.75, 3.05) is 7.11 Å². The summed E-state index contributed by atoms with van der Waals surface area (Å²) in [7, 11) is 1.67. The van der Waals surface area contributed by atoms with Gasteiger partial charge in [-0.3, -0.25) is 4.79 Å². The van der Waals surface area contributed by atoms with E-state index in [0.717, 1.165) is 24.2 Å². The minimum atomic E-state index is -0.238. The number of hydrogen-bond donors (Lipinski definition) is 0. The van der Waals surface area contributed by atoms with Gasteiger partial charge >= 0.3 is 0 Å². The highest BCUT2D eigenvalue weighted by molar-refractivity contribution is 5.92. The molecule has 2 unspecified atom stereocenters. The quantitative estimate of drug-likeness (QED) is 0.826. The van der Waals surface area contributed by atoms with Gasteiger partial charge in [0.1, 0.15) is 11.5 Å². The van der Waals surface area contributed by atoms with Gasteiger partial charge in [-0.05, 0) is 41.9 Å². The number of fused-ring (bicyclic) bond motifs is 2. The molecule has 1 aromatic carbocycles. The van der Waals surface area contributed by atoms with Crippen LogP contribution in [0.15, 0.2) is 30.3 Å². The lowest BCUT2D eigenvalue weighted by Gasteiger charge is -2.33. The molecule has 0 heterocycles. The molecular formula is C18H22O2. The summed E-state index contributed by atoms with van der Waals surface area (Å²) in [6.07, 6.45) is 7.23. The van der Waals surface area contributed by atoms with Crippen LogP contribution in [0.25, 0.3) is 6.08 Å². The molecule has 2 saturated carbocycles. The molecule has 0 saturated heterocycles. The minimum Gasteiger partial charge on any atom is -0.497 e. The average molecular weight is 270 g/mol. The van der Waals surface area contributed by atoms with E-state index in [1.807, 2.05) is 24.3 Å². The van der Waals surface area contributed by atoms with E-state index in [4.69, 9.17) is 4.74 Å². The molecule has 2 heteroatoms. The predicted molar refractivity (Wildman–Crippen MR) is 80.6 cm³/mol. The van der Waals surface area contributed by atoms with Crippen molar-refractivity contribution < 1.29 is 9.53 Å². The van der Waals surface area contributed by atoms with E-state index < -0.39 is 0 Å². The first-order valence-corrected chi connectivity index (χ1v) is 7.36. The van der Waals surface area contributed by atoms with Crippen LogP contribution in [0.4, 0.5) is 0 Å². The standard InChI is InChI=1S/C18H22O2/c1-17(2)14-9-11-18(17,16(19)12-14)10-8-13-4-6-15(20-3)7-5-13/h4-8,10,14H,9,11-12H2,1-3H3. The summed E-state index contributed by atoms with van der Waals surface area (Å²) in [6.45, 7) is 4.52. The second kappa shape index (κ2) is 4.47. The van der Waals surface area contributed by atoms with Gasteiger partial charge in [0.2, 0.25) is 0 Å². The number of hydrogen-bond acceptors (Lipinski definition) is 2. The molecule has 0 amide bonds. The number of methoxy groups -OCH3 is 1. The Bertz CT molecular complexity index is 553. The van der Waals surface area contributed by atoms with Gasteiger partial charge < -0.3 is 4.74 Å². The number of carbonyl (C=O) groups is 1. The van der Waals surface area contributed by atoms with Crippen LogP contribution >= 0.6 is 0 Å².